The first-order valence-corrected chi connectivity index (χ1v) is 5.89. The Morgan fingerprint density at radius 1 is 1.67 bits per heavy atom. The predicted octanol–water partition coefficient (Wildman–Crippen LogP) is 2.72. The molecule has 0 saturated carbocycles. The third-order valence-electron chi connectivity index (χ3n) is 2.71. The summed E-state index contributed by atoms with van der Waals surface area (Å²) in [4.78, 5) is 15.2. The highest BCUT2D eigenvalue weighted by molar-refractivity contribution is 7.09. The van der Waals surface area contributed by atoms with Gasteiger partial charge < -0.3 is 5.11 Å². The third kappa shape index (κ3) is 2.26. The van der Waals surface area contributed by atoms with Gasteiger partial charge in [0.05, 0.1) is 16.6 Å². The van der Waals surface area contributed by atoms with Gasteiger partial charge in [-0.05, 0) is 31.8 Å². The normalized spacial score (nSPS) is 21.1. The summed E-state index contributed by atoms with van der Waals surface area (Å²) < 4.78 is 0. The number of hydrogen-bond donors (Lipinski definition) is 1. The first-order valence-electron chi connectivity index (χ1n) is 5.01. The van der Waals surface area contributed by atoms with Crippen LogP contribution < -0.4 is 0 Å². The van der Waals surface area contributed by atoms with Crippen LogP contribution in [0.5, 0.6) is 0 Å². The Kier molecular flexibility index (Phi) is 2.86. The van der Waals surface area contributed by atoms with Crippen molar-refractivity contribution in [1.82, 2.24) is 4.98 Å². The van der Waals surface area contributed by atoms with Crippen LogP contribution >= 0.6 is 11.3 Å². The second-order valence-corrected chi connectivity index (χ2v) is 4.85. The molecule has 0 aromatic carbocycles. The molecule has 4 heteroatoms. The highest BCUT2D eigenvalue weighted by atomic mass is 32.1. The van der Waals surface area contributed by atoms with Gasteiger partial charge in [-0.2, -0.15) is 0 Å². The molecule has 1 heterocycles. The van der Waals surface area contributed by atoms with Crippen molar-refractivity contribution in [3.8, 4) is 0 Å². The number of rotatable bonds is 2. The van der Waals surface area contributed by atoms with Gasteiger partial charge in [-0.1, -0.05) is 6.08 Å². The minimum Gasteiger partial charge on any atom is -0.481 e. The van der Waals surface area contributed by atoms with Crippen LogP contribution in [0.15, 0.2) is 11.5 Å². The van der Waals surface area contributed by atoms with Gasteiger partial charge in [0.2, 0.25) is 0 Å². The minimum atomic E-state index is -0.681. The van der Waals surface area contributed by atoms with Crippen LogP contribution in [0.25, 0.3) is 5.57 Å². The summed E-state index contributed by atoms with van der Waals surface area (Å²) in [6.45, 7) is 1.98. The zero-order valence-corrected chi connectivity index (χ0v) is 9.38. The van der Waals surface area contributed by atoms with E-state index in [9.17, 15) is 4.79 Å². The minimum absolute atomic E-state index is 0.200. The SMILES string of the molecule is Cc1nc(C2=CCC(C(=O)O)CC2)cs1. The molecule has 0 fully saturated rings. The molecule has 2 rings (SSSR count). The maximum absolute atomic E-state index is 10.8. The second kappa shape index (κ2) is 4.14. The number of aryl methyl sites for hydroxylation is 1. The molecule has 0 spiro atoms. The molecule has 3 nitrogen and oxygen atoms in total. The molecule has 80 valence electrons. The number of allylic oxidation sites excluding steroid dienone is 2. The fraction of sp³-hybridized carbons (Fsp3) is 0.455. The first kappa shape index (κ1) is 10.4. The van der Waals surface area contributed by atoms with Crippen molar-refractivity contribution in [3.05, 3.63) is 22.2 Å². The van der Waals surface area contributed by atoms with E-state index in [1.807, 2.05) is 18.4 Å². The first-order chi connectivity index (χ1) is 7.16. The van der Waals surface area contributed by atoms with Crippen molar-refractivity contribution in [3.63, 3.8) is 0 Å². The van der Waals surface area contributed by atoms with E-state index in [1.54, 1.807) is 11.3 Å². The standard InChI is InChI=1S/C11H13NO2S/c1-7-12-10(6-15-7)8-2-4-9(5-3-8)11(13)14/h2,6,9H,3-5H2,1H3,(H,13,14). The smallest absolute Gasteiger partial charge is 0.306 e. The van der Waals surface area contributed by atoms with Gasteiger partial charge >= 0.3 is 5.97 Å². The van der Waals surface area contributed by atoms with E-state index in [4.69, 9.17) is 5.11 Å². The van der Waals surface area contributed by atoms with Crippen LogP contribution in [-0.4, -0.2) is 16.1 Å². The topological polar surface area (TPSA) is 50.2 Å². The summed E-state index contributed by atoms with van der Waals surface area (Å²) in [5.41, 5.74) is 2.23. The molecule has 1 aliphatic carbocycles. The number of aliphatic carboxylic acids is 1. The van der Waals surface area contributed by atoms with Gasteiger partial charge in [0, 0.05) is 5.38 Å². The number of nitrogens with zero attached hydrogens (tertiary/aromatic N) is 1. The molecule has 1 aliphatic rings. The van der Waals surface area contributed by atoms with Gasteiger partial charge in [-0.25, -0.2) is 4.98 Å². The van der Waals surface area contributed by atoms with E-state index in [0.717, 1.165) is 23.5 Å². The Balaban J connectivity index is 2.11. The van der Waals surface area contributed by atoms with Crippen molar-refractivity contribution in [2.75, 3.05) is 0 Å². The summed E-state index contributed by atoms with van der Waals surface area (Å²) in [5, 5.41) is 12.0. The molecule has 1 aromatic rings. The lowest BCUT2D eigenvalue weighted by molar-refractivity contribution is -0.141. The predicted molar refractivity (Wildman–Crippen MR) is 59.8 cm³/mol. The fourth-order valence-corrected chi connectivity index (χ4v) is 2.44. The average molecular weight is 223 g/mol. The summed E-state index contributed by atoms with van der Waals surface area (Å²) in [5.74, 6) is -0.881. The van der Waals surface area contributed by atoms with E-state index >= 15 is 0 Å². The Labute approximate surface area is 92.5 Å². The van der Waals surface area contributed by atoms with Crippen molar-refractivity contribution >= 4 is 22.9 Å². The van der Waals surface area contributed by atoms with Crippen LogP contribution in [0.4, 0.5) is 0 Å². The largest absolute Gasteiger partial charge is 0.481 e. The number of carboxylic acids is 1. The third-order valence-corrected chi connectivity index (χ3v) is 3.48. The lowest BCUT2D eigenvalue weighted by Gasteiger charge is -2.17. The van der Waals surface area contributed by atoms with E-state index < -0.39 is 5.97 Å². The van der Waals surface area contributed by atoms with Gasteiger partial charge in [-0.3, -0.25) is 4.79 Å². The summed E-state index contributed by atoms with van der Waals surface area (Å²) in [7, 11) is 0. The van der Waals surface area contributed by atoms with Crippen LogP contribution in [0, 0.1) is 12.8 Å². The number of carboxylic acid groups (broad SMARTS) is 1. The Morgan fingerprint density at radius 3 is 2.93 bits per heavy atom. The van der Waals surface area contributed by atoms with Gasteiger partial charge in [0.25, 0.3) is 0 Å². The molecular formula is C11H13NO2S. The van der Waals surface area contributed by atoms with Gasteiger partial charge in [0.15, 0.2) is 0 Å². The van der Waals surface area contributed by atoms with Gasteiger partial charge in [0.1, 0.15) is 0 Å². The summed E-state index contributed by atoms with van der Waals surface area (Å²) >= 11 is 1.64. The monoisotopic (exact) mass is 223 g/mol. The molecule has 0 saturated heterocycles. The number of carbonyl (C=O) groups is 1. The number of aromatic nitrogens is 1. The maximum Gasteiger partial charge on any atom is 0.306 e. The maximum atomic E-state index is 10.8. The van der Waals surface area contributed by atoms with Crippen molar-refractivity contribution in [2.24, 2.45) is 5.92 Å². The summed E-state index contributed by atoms with van der Waals surface area (Å²) in [6, 6.07) is 0. The number of thiazole rings is 1. The average Bonchev–Trinajstić information content (AvgIpc) is 2.65. The molecule has 15 heavy (non-hydrogen) atoms. The Morgan fingerprint density at radius 2 is 2.47 bits per heavy atom. The van der Waals surface area contributed by atoms with Crippen molar-refractivity contribution in [2.45, 2.75) is 26.2 Å². The van der Waals surface area contributed by atoms with Crippen molar-refractivity contribution in [1.29, 1.82) is 0 Å². The second-order valence-electron chi connectivity index (χ2n) is 3.79. The van der Waals surface area contributed by atoms with Gasteiger partial charge in [-0.15, -0.1) is 11.3 Å². The molecule has 1 atom stereocenters. The van der Waals surface area contributed by atoms with E-state index in [2.05, 4.69) is 4.98 Å². The van der Waals surface area contributed by atoms with E-state index in [1.165, 1.54) is 5.57 Å². The lowest BCUT2D eigenvalue weighted by atomic mass is 9.89. The molecule has 1 N–H and O–H groups in total. The molecule has 1 aromatic heterocycles. The molecule has 1 unspecified atom stereocenters. The van der Waals surface area contributed by atoms with Crippen LogP contribution in [0.2, 0.25) is 0 Å². The fourth-order valence-electron chi connectivity index (χ4n) is 1.80. The highest BCUT2D eigenvalue weighted by Crippen LogP contribution is 2.30. The van der Waals surface area contributed by atoms with Crippen LogP contribution in [-0.2, 0) is 4.79 Å². The summed E-state index contributed by atoms with van der Waals surface area (Å²) in [6.07, 6.45) is 4.23. The Hall–Kier alpha value is -1.16. The highest BCUT2D eigenvalue weighted by Gasteiger charge is 2.21. The van der Waals surface area contributed by atoms with Crippen LogP contribution in [0.1, 0.15) is 30.0 Å². The Bertz CT molecular complexity index is 408. The number of hydrogen-bond acceptors (Lipinski definition) is 3. The molecular weight excluding hydrogens is 210 g/mol. The quantitative estimate of drug-likeness (QED) is 0.838. The molecule has 0 aliphatic heterocycles. The zero-order chi connectivity index (χ0) is 10.8. The van der Waals surface area contributed by atoms with E-state index in [-0.39, 0.29) is 5.92 Å². The molecule has 0 radical (unpaired) electrons. The molecule has 0 bridgehead atoms. The zero-order valence-electron chi connectivity index (χ0n) is 8.56. The lowest BCUT2D eigenvalue weighted by Crippen LogP contribution is -2.15. The van der Waals surface area contributed by atoms with Crippen molar-refractivity contribution < 1.29 is 9.90 Å². The van der Waals surface area contributed by atoms with E-state index in [0.29, 0.717) is 6.42 Å². The van der Waals surface area contributed by atoms with Crippen LogP contribution in [0.3, 0.4) is 0 Å². The molecule has 0 amide bonds.